The number of aliphatic hydroxyl groups excluding tert-OH is 1. The third-order valence-electron chi connectivity index (χ3n) is 4.45. The van der Waals surface area contributed by atoms with Gasteiger partial charge in [0.05, 0.1) is 18.3 Å². The average molecular weight is 257 g/mol. The highest BCUT2D eigenvalue weighted by atomic mass is 16.5. The Hall–Kier alpha value is -0.160. The van der Waals surface area contributed by atoms with Crippen LogP contribution in [0.4, 0.5) is 0 Å². The number of β-amino-alcohol motifs (C(OH)–C–C–N with tert-alkyl or cyclic N) is 1. The molecule has 0 spiro atoms. The van der Waals surface area contributed by atoms with E-state index in [2.05, 4.69) is 4.90 Å². The molecule has 3 unspecified atom stereocenters. The second-order valence-electron chi connectivity index (χ2n) is 5.81. The molecule has 1 saturated carbocycles. The van der Waals surface area contributed by atoms with Crippen LogP contribution in [0.5, 0.6) is 0 Å². The van der Waals surface area contributed by atoms with Crippen LogP contribution in [0.25, 0.3) is 0 Å². The van der Waals surface area contributed by atoms with Gasteiger partial charge >= 0.3 is 0 Å². The van der Waals surface area contributed by atoms with Crippen LogP contribution < -0.4 is 0 Å². The van der Waals surface area contributed by atoms with E-state index in [9.17, 15) is 5.11 Å². The lowest BCUT2D eigenvalue weighted by Gasteiger charge is -2.21. The first kappa shape index (κ1) is 14.3. The Labute approximate surface area is 110 Å². The quantitative estimate of drug-likeness (QED) is 0.778. The van der Waals surface area contributed by atoms with Crippen molar-refractivity contribution in [2.75, 3.05) is 33.9 Å². The average Bonchev–Trinajstić information content (AvgIpc) is 2.97. The molecule has 1 heterocycles. The van der Waals surface area contributed by atoms with E-state index in [1.165, 1.54) is 25.7 Å². The van der Waals surface area contributed by atoms with Gasteiger partial charge in [-0.1, -0.05) is 25.7 Å². The summed E-state index contributed by atoms with van der Waals surface area (Å²) in [5.74, 6) is 0.749. The van der Waals surface area contributed by atoms with Crippen molar-refractivity contribution in [1.82, 2.24) is 4.90 Å². The van der Waals surface area contributed by atoms with Gasteiger partial charge in [-0.2, -0.15) is 0 Å². The number of aliphatic hydroxyl groups is 1. The number of nitrogens with zero attached hydrogens (tertiary/aromatic N) is 1. The first-order chi connectivity index (χ1) is 8.72. The van der Waals surface area contributed by atoms with Gasteiger partial charge in [-0.3, -0.25) is 4.90 Å². The summed E-state index contributed by atoms with van der Waals surface area (Å²) in [5, 5.41) is 10.2. The predicted octanol–water partition coefficient (Wildman–Crippen LogP) is 1.27. The van der Waals surface area contributed by atoms with E-state index in [1.807, 2.05) is 0 Å². The maximum atomic E-state index is 10.2. The molecular weight excluding hydrogens is 230 g/mol. The van der Waals surface area contributed by atoms with Crippen molar-refractivity contribution in [3.8, 4) is 0 Å². The van der Waals surface area contributed by atoms with Crippen LogP contribution in [0.1, 0.15) is 32.1 Å². The number of hydrogen-bond acceptors (Lipinski definition) is 4. The van der Waals surface area contributed by atoms with Crippen LogP contribution in [0.3, 0.4) is 0 Å². The standard InChI is InChI=1S/C14H27NO3/c1-17-13-9-15(10-14(13)18-2)8-12(16)7-11-5-3-4-6-11/h11-14,16H,3-10H2,1-2H3. The predicted molar refractivity (Wildman–Crippen MR) is 70.6 cm³/mol. The van der Waals surface area contributed by atoms with E-state index in [-0.39, 0.29) is 18.3 Å². The third kappa shape index (κ3) is 3.67. The van der Waals surface area contributed by atoms with Crippen LogP contribution in [0.15, 0.2) is 0 Å². The Kier molecular flexibility index (Phi) is 5.42. The van der Waals surface area contributed by atoms with E-state index in [0.717, 1.165) is 32.0 Å². The second-order valence-corrected chi connectivity index (χ2v) is 5.81. The van der Waals surface area contributed by atoms with Crippen molar-refractivity contribution >= 4 is 0 Å². The maximum Gasteiger partial charge on any atom is 0.0971 e. The fraction of sp³-hybridized carbons (Fsp3) is 1.00. The Balaban J connectivity index is 1.72. The van der Waals surface area contributed by atoms with Crippen LogP contribution in [0.2, 0.25) is 0 Å². The van der Waals surface area contributed by atoms with E-state index >= 15 is 0 Å². The minimum Gasteiger partial charge on any atom is -0.392 e. The molecule has 4 heteroatoms. The number of methoxy groups -OCH3 is 2. The highest BCUT2D eigenvalue weighted by Gasteiger charge is 2.33. The lowest BCUT2D eigenvalue weighted by molar-refractivity contribution is -0.00461. The van der Waals surface area contributed by atoms with Crippen LogP contribution >= 0.6 is 0 Å². The van der Waals surface area contributed by atoms with E-state index in [4.69, 9.17) is 9.47 Å². The topological polar surface area (TPSA) is 41.9 Å². The minimum atomic E-state index is -0.193. The highest BCUT2D eigenvalue weighted by molar-refractivity contribution is 4.87. The fourth-order valence-electron chi connectivity index (χ4n) is 3.42. The lowest BCUT2D eigenvalue weighted by atomic mass is 10.00. The summed E-state index contributed by atoms with van der Waals surface area (Å²) in [6.45, 7) is 2.50. The molecule has 1 aliphatic carbocycles. The summed E-state index contributed by atoms with van der Waals surface area (Å²) in [6, 6.07) is 0. The van der Waals surface area contributed by atoms with Gasteiger partial charge in [-0.05, 0) is 12.3 Å². The van der Waals surface area contributed by atoms with Gasteiger partial charge in [0.2, 0.25) is 0 Å². The SMILES string of the molecule is COC1CN(CC(O)CC2CCCC2)CC1OC. The molecule has 3 atom stereocenters. The monoisotopic (exact) mass is 257 g/mol. The van der Waals surface area contributed by atoms with Crippen LogP contribution in [-0.4, -0.2) is 62.2 Å². The smallest absolute Gasteiger partial charge is 0.0971 e. The van der Waals surface area contributed by atoms with Gasteiger partial charge in [0.25, 0.3) is 0 Å². The molecule has 1 N–H and O–H groups in total. The Bertz CT molecular complexity index is 231. The molecular formula is C14H27NO3. The van der Waals surface area contributed by atoms with Gasteiger partial charge in [0.1, 0.15) is 0 Å². The molecule has 106 valence electrons. The van der Waals surface area contributed by atoms with Gasteiger partial charge < -0.3 is 14.6 Å². The summed E-state index contributed by atoms with van der Waals surface area (Å²) < 4.78 is 10.8. The largest absolute Gasteiger partial charge is 0.392 e. The zero-order chi connectivity index (χ0) is 13.0. The third-order valence-corrected chi connectivity index (χ3v) is 4.45. The highest BCUT2D eigenvalue weighted by Crippen LogP contribution is 2.29. The van der Waals surface area contributed by atoms with Gasteiger partial charge in [-0.25, -0.2) is 0 Å². The molecule has 0 amide bonds. The fourth-order valence-corrected chi connectivity index (χ4v) is 3.42. The van der Waals surface area contributed by atoms with Crippen molar-refractivity contribution in [2.24, 2.45) is 5.92 Å². The van der Waals surface area contributed by atoms with Gasteiger partial charge in [0, 0.05) is 33.9 Å². The summed E-state index contributed by atoms with van der Waals surface area (Å²) in [7, 11) is 3.46. The van der Waals surface area contributed by atoms with Crippen molar-refractivity contribution in [3.63, 3.8) is 0 Å². The van der Waals surface area contributed by atoms with E-state index in [1.54, 1.807) is 14.2 Å². The first-order valence-electron chi connectivity index (χ1n) is 7.19. The summed E-state index contributed by atoms with van der Waals surface area (Å²) >= 11 is 0. The van der Waals surface area contributed by atoms with E-state index < -0.39 is 0 Å². The molecule has 0 aromatic rings. The maximum absolute atomic E-state index is 10.2. The van der Waals surface area contributed by atoms with Gasteiger partial charge in [-0.15, -0.1) is 0 Å². The van der Waals surface area contributed by atoms with Crippen molar-refractivity contribution < 1.29 is 14.6 Å². The molecule has 1 aliphatic heterocycles. The van der Waals surface area contributed by atoms with Crippen LogP contribution in [0, 0.1) is 5.92 Å². The van der Waals surface area contributed by atoms with E-state index in [0.29, 0.717) is 0 Å². The molecule has 0 radical (unpaired) electrons. The number of ether oxygens (including phenoxy) is 2. The molecule has 1 saturated heterocycles. The van der Waals surface area contributed by atoms with Crippen molar-refractivity contribution in [3.05, 3.63) is 0 Å². The zero-order valence-electron chi connectivity index (χ0n) is 11.7. The lowest BCUT2D eigenvalue weighted by Crippen LogP contribution is -2.32. The van der Waals surface area contributed by atoms with Crippen LogP contribution in [-0.2, 0) is 9.47 Å². The summed E-state index contributed by atoms with van der Waals surface area (Å²) in [6.07, 6.45) is 6.36. The van der Waals surface area contributed by atoms with Gasteiger partial charge in [0.15, 0.2) is 0 Å². The number of hydrogen-bond donors (Lipinski definition) is 1. The van der Waals surface area contributed by atoms with Crippen molar-refractivity contribution in [2.45, 2.75) is 50.4 Å². The normalized spacial score (nSPS) is 32.2. The molecule has 0 bridgehead atoms. The molecule has 0 aromatic carbocycles. The molecule has 0 aromatic heterocycles. The molecule has 2 aliphatic rings. The molecule has 18 heavy (non-hydrogen) atoms. The van der Waals surface area contributed by atoms with Crippen molar-refractivity contribution in [1.29, 1.82) is 0 Å². The number of rotatable bonds is 6. The summed E-state index contributed by atoms with van der Waals surface area (Å²) in [5.41, 5.74) is 0. The molecule has 4 nitrogen and oxygen atoms in total. The Morgan fingerprint density at radius 1 is 1.11 bits per heavy atom. The second kappa shape index (κ2) is 6.85. The minimum absolute atomic E-state index is 0.147. The Morgan fingerprint density at radius 2 is 1.67 bits per heavy atom. The number of likely N-dealkylation sites (tertiary alicyclic amines) is 1. The Morgan fingerprint density at radius 3 is 2.17 bits per heavy atom. The molecule has 2 rings (SSSR count). The molecule has 2 fully saturated rings. The summed E-state index contributed by atoms with van der Waals surface area (Å²) in [4.78, 5) is 2.27. The first-order valence-corrected chi connectivity index (χ1v) is 7.19. The zero-order valence-corrected chi connectivity index (χ0v) is 11.7.